The Morgan fingerprint density at radius 2 is 1.67 bits per heavy atom. The quantitative estimate of drug-likeness (QED) is 0.190. The van der Waals surface area contributed by atoms with Crippen LogP contribution in [-0.4, -0.2) is 52.0 Å². The van der Waals surface area contributed by atoms with Crippen molar-refractivity contribution in [3.05, 3.63) is 88.4 Å². The van der Waals surface area contributed by atoms with E-state index in [2.05, 4.69) is 34.6 Å². The maximum Gasteiger partial charge on any atom is 0.305 e. The van der Waals surface area contributed by atoms with Gasteiger partial charge in [-0.05, 0) is 86.7 Å². The van der Waals surface area contributed by atoms with E-state index in [9.17, 15) is 18.4 Å². The summed E-state index contributed by atoms with van der Waals surface area (Å²) in [6, 6.07) is 9.41. The summed E-state index contributed by atoms with van der Waals surface area (Å²) in [7, 11) is 1.53. The molecule has 0 aliphatic carbocycles. The normalized spacial score (nSPS) is 10.9. The second-order valence-corrected chi connectivity index (χ2v) is 10.5. The number of carboxylic acids is 1. The molecule has 45 heavy (non-hydrogen) atoms. The minimum atomic E-state index is -1.08. The number of nitrogens with one attached hydrogen (secondary N) is 2. The molecule has 4 rings (SSSR count). The number of hydrogen-bond acceptors (Lipinski definition) is 6. The van der Waals surface area contributed by atoms with Crippen LogP contribution in [-0.2, 0) is 9.59 Å². The van der Waals surface area contributed by atoms with Crippen molar-refractivity contribution in [3.63, 3.8) is 0 Å². The summed E-state index contributed by atoms with van der Waals surface area (Å²) in [4.78, 5) is 35.0. The van der Waals surface area contributed by atoms with Crippen molar-refractivity contribution >= 4 is 24.3 Å². The highest BCUT2D eigenvalue weighted by molar-refractivity contribution is 5.99. The van der Waals surface area contributed by atoms with Gasteiger partial charge in [-0.3, -0.25) is 9.59 Å². The van der Waals surface area contributed by atoms with Crippen LogP contribution in [0.15, 0.2) is 48.9 Å². The first kappa shape index (κ1) is 38.5. The van der Waals surface area contributed by atoms with Crippen LogP contribution in [0.3, 0.4) is 0 Å². The molecule has 0 aliphatic heterocycles. The van der Waals surface area contributed by atoms with Gasteiger partial charge in [0.2, 0.25) is 0 Å². The molecule has 0 spiro atoms. The molecule has 244 valence electrons. The smallest absolute Gasteiger partial charge is 0.305 e. The zero-order valence-electron chi connectivity index (χ0n) is 27.4. The van der Waals surface area contributed by atoms with Gasteiger partial charge in [-0.1, -0.05) is 45.4 Å². The van der Waals surface area contributed by atoms with Crippen molar-refractivity contribution in [3.8, 4) is 11.1 Å². The fourth-order valence-electron chi connectivity index (χ4n) is 4.78. The number of aryl methyl sites for hydroxylation is 3. The van der Waals surface area contributed by atoms with Gasteiger partial charge in [0, 0.05) is 24.3 Å². The number of pyridine rings is 1. The molecule has 11 heteroatoms. The fourth-order valence-corrected chi connectivity index (χ4v) is 4.78. The van der Waals surface area contributed by atoms with Crippen molar-refractivity contribution in [1.82, 2.24) is 25.2 Å². The van der Waals surface area contributed by atoms with Gasteiger partial charge in [-0.25, -0.2) is 18.3 Å². The molecule has 1 atom stereocenters. The first-order chi connectivity index (χ1) is 21.4. The van der Waals surface area contributed by atoms with Crippen LogP contribution >= 0.6 is 0 Å². The van der Waals surface area contributed by atoms with Crippen molar-refractivity contribution in [2.45, 2.75) is 67.3 Å². The number of carbonyl (C=O) groups excluding carboxylic acids is 2. The largest absolute Gasteiger partial charge is 0.481 e. The van der Waals surface area contributed by atoms with Gasteiger partial charge in [0.1, 0.15) is 13.1 Å². The van der Waals surface area contributed by atoms with E-state index in [1.165, 1.54) is 19.4 Å². The van der Waals surface area contributed by atoms with Gasteiger partial charge < -0.3 is 20.5 Å². The Balaban J connectivity index is 0.000000423. The number of nitrogens with zero attached hydrogens (tertiary/aromatic N) is 3. The summed E-state index contributed by atoms with van der Waals surface area (Å²) >= 11 is 0. The molecule has 0 fully saturated rings. The van der Waals surface area contributed by atoms with Gasteiger partial charge in [0.05, 0.1) is 12.0 Å². The van der Waals surface area contributed by atoms with E-state index in [1.54, 1.807) is 22.8 Å². The molecule has 3 N–H and O–H groups in total. The van der Waals surface area contributed by atoms with Crippen molar-refractivity contribution in [1.29, 1.82) is 0 Å². The van der Waals surface area contributed by atoms with E-state index in [4.69, 9.17) is 9.90 Å². The Hall–Kier alpha value is -4.51. The molecular formula is C34H45F2N5O4. The Kier molecular flexibility index (Phi) is 16.3. The van der Waals surface area contributed by atoms with Crippen LogP contribution in [0.4, 0.5) is 8.78 Å². The monoisotopic (exact) mass is 625 g/mol. The topological polar surface area (TPSA) is 126 Å². The minimum absolute atomic E-state index is 0.0225. The number of carbonyl (C=O) groups is 3. The maximum absolute atomic E-state index is 14.2. The summed E-state index contributed by atoms with van der Waals surface area (Å²) in [5, 5.41) is 18.6. The summed E-state index contributed by atoms with van der Waals surface area (Å²) in [5.41, 5.74) is 5.58. The zero-order chi connectivity index (χ0) is 34.3. The molecule has 2 aromatic heterocycles. The van der Waals surface area contributed by atoms with E-state index in [0.29, 0.717) is 29.2 Å². The first-order valence-corrected chi connectivity index (χ1v) is 14.7. The van der Waals surface area contributed by atoms with Crippen LogP contribution in [0.25, 0.3) is 16.8 Å². The predicted octanol–water partition coefficient (Wildman–Crippen LogP) is 6.64. The van der Waals surface area contributed by atoms with E-state index in [0.717, 1.165) is 34.7 Å². The van der Waals surface area contributed by atoms with Crippen molar-refractivity contribution in [2.24, 2.45) is 5.92 Å². The number of amides is 1. The molecule has 1 unspecified atom stereocenters. The summed E-state index contributed by atoms with van der Waals surface area (Å²) in [5.74, 6) is -2.58. The number of hydrogen-bond donors (Lipinski definition) is 3. The third kappa shape index (κ3) is 10.9. The van der Waals surface area contributed by atoms with Crippen LogP contribution in [0.1, 0.15) is 79.2 Å². The second-order valence-electron chi connectivity index (χ2n) is 10.5. The zero-order valence-corrected chi connectivity index (χ0v) is 27.4. The van der Waals surface area contributed by atoms with Crippen molar-refractivity contribution < 1.29 is 28.3 Å². The summed E-state index contributed by atoms with van der Waals surface area (Å²) in [6.07, 6.45) is 3.86. The number of rotatable bonds is 9. The fraction of sp³-hybridized carbons (Fsp3) is 0.382. The molecule has 0 bridgehead atoms. The number of fused-ring (bicyclic) bond motifs is 1. The highest BCUT2D eigenvalue weighted by Gasteiger charge is 2.22. The van der Waals surface area contributed by atoms with Crippen LogP contribution < -0.4 is 10.6 Å². The standard InChI is InChI=1S/C19H21F2NO2.C12H16N4O.C2H6.CH2O/c1-10-5-11(2)18(12(3)6-10)13-7-14(19(21)15(20)8-13)16(22-4)9-17(23)24;1-9(2)5-6-13-12(17)10-4-3-7-16-11(10)14-8-15-16;2*1-2/h5-8,16,22H,9H2,1-4H3,(H,23,24);3-4,7-9H,5-6H2,1-2H3,(H,13,17);1-2H3;1H2. The lowest BCUT2D eigenvalue weighted by atomic mass is 9.91. The lowest BCUT2D eigenvalue weighted by molar-refractivity contribution is -0.137. The lowest BCUT2D eigenvalue weighted by Crippen LogP contribution is -2.25. The first-order valence-electron chi connectivity index (χ1n) is 14.7. The molecule has 0 radical (unpaired) electrons. The second kappa shape index (κ2) is 19.0. The van der Waals surface area contributed by atoms with E-state index in [1.807, 2.05) is 53.5 Å². The van der Waals surface area contributed by atoms with E-state index < -0.39 is 23.6 Å². The maximum atomic E-state index is 14.2. The van der Waals surface area contributed by atoms with Crippen LogP contribution in [0.5, 0.6) is 0 Å². The Morgan fingerprint density at radius 1 is 1.04 bits per heavy atom. The number of carboxylic acid groups (broad SMARTS) is 1. The van der Waals surface area contributed by atoms with Crippen LogP contribution in [0.2, 0.25) is 0 Å². The van der Waals surface area contributed by atoms with Gasteiger partial charge in [-0.15, -0.1) is 0 Å². The van der Waals surface area contributed by atoms with Gasteiger partial charge in [-0.2, -0.15) is 5.10 Å². The van der Waals surface area contributed by atoms with Gasteiger partial charge in [0.25, 0.3) is 5.91 Å². The molecule has 2 heterocycles. The van der Waals surface area contributed by atoms with Crippen LogP contribution in [0, 0.1) is 38.3 Å². The molecular weight excluding hydrogens is 580 g/mol. The third-order valence-corrected chi connectivity index (χ3v) is 6.68. The average Bonchev–Trinajstić information content (AvgIpc) is 3.48. The Morgan fingerprint density at radius 3 is 2.22 bits per heavy atom. The molecule has 9 nitrogen and oxygen atoms in total. The minimum Gasteiger partial charge on any atom is -0.481 e. The molecule has 1 amide bonds. The average molecular weight is 626 g/mol. The van der Waals surface area contributed by atoms with E-state index in [-0.39, 0.29) is 17.9 Å². The third-order valence-electron chi connectivity index (χ3n) is 6.68. The molecule has 4 aromatic rings. The summed E-state index contributed by atoms with van der Waals surface area (Å²) < 4.78 is 30.0. The SMILES string of the molecule is C=O.CC.CC(C)CCNC(=O)c1cccn2ncnc12.CNC(CC(=O)O)c1cc(-c2c(C)cc(C)cc2C)cc(F)c1F. The Bertz CT molecular complexity index is 1530. The number of benzene rings is 2. The van der Waals surface area contributed by atoms with Crippen molar-refractivity contribution in [2.75, 3.05) is 13.6 Å². The Labute approximate surface area is 264 Å². The lowest BCUT2D eigenvalue weighted by Gasteiger charge is -2.19. The van der Waals surface area contributed by atoms with E-state index >= 15 is 0 Å². The van der Waals surface area contributed by atoms with Gasteiger partial charge in [0.15, 0.2) is 17.3 Å². The molecule has 0 saturated heterocycles. The predicted molar refractivity (Wildman–Crippen MR) is 173 cm³/mol. The molecule has 0 saturated carbocycles. The summed E-state index contributed by atoms with van der Waals surface area (Å²) in [6.45, 7) is 16.8. The number of halogens is 2. The number of aliphatic carboxylic acids is 1. The highest BCUT2D eigenvalue weighted by Crippen LogP contribution is 2.33. The number of aromatic nitrogens is 3. The molecule has 2 aromatic carbocycles. The highest BCUT2D eigenvalue weighted by atomic mass is 19.2. The molecule has 0 aliphatic rings. The van der Waals surface area contributed by atoms with Gasteiger partial charge >= 0.3 is 5.97 Å².